The van der Waals surface area contributed by atoms with Gasteiger partial charge in [0.05, 0.1) is 5.56 Å². The lowest BCUT2D eigenvalue weighted by Crippen LogP contribution is -1.97. The number of nitrogens with zero attached hydrogens (tertiary/aromatic N) is 1. The predicted octanol–water partition coefficient (Wildman–Crippen LogP) is 2.67. The Balaban J connectivity index is 2.73. The van der Waals surface area contributed by atoms with E-state index in [-0.39, 0.29) is 0 Å². The van der Waals surface area contributed by atoms with Crippen LogP contribution in [0.3, 0.4) is 0 Å². The molecule has 3 heteroatoms. The van der Waals surface area contributed by atoms with E-state index in [4.69, 9.17) is 5.11 Å². The molecule has 0 unspecified atom stereocenters. The van der Waals surface area contributed by atoms with Crippen LogP contribution < -0.4 is 0 Å². The molecule has 0 aliphatic rings. The lowest BCUT2D eigenvalue weighted by Gasteiger charge is -2.01. The molecule has 1 N–H and O–H groups in total. The molecule has 78 valence electrons. The van der Waals surface area contributed by atoms with Crippen molar-refractivity contribution in [2.75, 3.05) is 0 Å². The fourth-order valence-corrected chi connectivity index (χ4v) is 1.87. The first-order chi connectivity index (χ1) is 7.13. The molecule has 0 bridgehead atoms. The molecule has 0 saturated heterocycles. The van der Waals surface area contributed by atoms with Crippen LogP contribution in [-0.4, -0.2) is 15.6 Å². The van der Waals surface area contributed by atoms with Crippen LogP contribution in [0.25, 0.3) is 10.9 Å². The number of aromatic nitrogens is 1. The molecule has 2 rings (SSSR count). The van der Waals surface area contributed by atoms with Gasteiger partial charge in [0, 0.05) is 23.6 Å². The van der Waals surface area contributed by atoms with E-state index >= 15 is 0 Å². The molecule has 0 atom stereocenters. The van der Waals surface area contributed by atoms with E-state index in [0.29, 0.717) is 5.56 Å². The Bertz CT molecular complexity index is 526. The van der Waals surface area contributed by atoms with E-state index in [1.165, 1.54) is 5.56 Å². The summed E-state index contributed by atoms with van der Waals surface area (Å²) in [6, 6.07) is 5.26. The average molecular weight is 203 g/mol. The van der Waals surface area contributed by atoms with E-state index < -0.39 is 5.97 Å². The van der Waals surface area contributed by atoms with Gasteiger partial charge in [0.1, 0.15) is 0 Å². The smallest absolute Gasteiger partial charge is 0.335 e. The summed E-state index contributed by atoms with van der Waals surface area (Å²) >= 11 is 0. The molecule has 3 nitrogen and oxygen atoms in total. The number of benzene rings is 1. The highest BCUT2D eigenvalue weighted by molar-refractivity contribution is 5.94. The van der Waals surface area contributed by atoms with Crippen molar-refractivity contribution in [2.24, 2.45) is 0 Å². The summed E-state index contributed by atoms with van der Waals surface area (Å²) in [5, 5.41) is 10.0. The zero-order valence-electron chi connectivity index (χ0n) is 8.82. The van der Waals surface area contributed by atoms with Crippen molar-refractivity contribution in [1.29, 1.82) is 0 Å². The van der Waals surface area contributed by atoms with Crippen LogP contribution in [0.4, 0.5) is 0 Å². The van der Waals surface area contributed by atoms with Gasteiger partial charge in [-0.3, -0.25) is 0 Å². The SMILES string of the molecule is CCn1cc(C)c2ccc(C(=O)O)cc21. The van der Waals surface area contributed by atoms with Crippen LogP contribution in [0.1, 0.15) is 22.8 Å². The Morgan fingerprint density at radius 1 is 1.47 bits per heavy atom. The maximum atomic E-state index is 10.8. The highest BCUT2D eigenvalue weighted by Gasteiger charge is 2.08. The molecule has 0 amide bonds. The van der Waals surface area contributed by atoms with Gasteiger partial charge in [0.25, 0.3) is 0 Å². The zero-order chi connectivity index (χ0) is 11.0. The molecule has 0 radical (unpaired) electrons. The van der Waals surface area contributed by atoms with Gasteiger partial charge in [0.15, 0.2) is 0 Å². The highest BCUT2D eigenvalue weighted by atomic mass is 16.4. The van der Waals surface area contributed by atoms with Gasteiger partial charge in [0.2, 0.25) is 0 Å². The average Bonchev–Trinajstić information content (AvgIpc) is 2.55. The van der Waals surface area contributed by atoms with E-state index in [9.17, 15) is 4.79 Å². The molecular weight excluding hydrogens is 190 g/mol. The topological polar surface area (TPSA) is 42.2 Å². The normalized spacial score (nSPS) is 10.8. The molecular formula is C12H13NO2. The lowest BCUT2D eigenvalue weighted by molar-refractivity contribution is 0.0697. The summed E-state index contributed by atoms with van der Waals surface area (Å²) in [6.07, 6.45) is 2.05. The fraction of sp³-hybridized carbons (Fsp3) is 0.250. The fourth-order valence-electron chi connectivity index (χ4n) is 1.87. The molecule has 0 aliphatic carbocycles. The predicted molar refractivity (Wildman–Crippen MR) is 59.3 cm³/mol. The van der Waals surface area contributed by atoms with E-state index in [0.717, 1.165) is 17.4 Å². The van der Waals surface area contributed by atoms with Crippen LogP contribution in [0.15, 0.2) is 24.4 Å². The number of fused-ring (bicyclic) bond motifs is 1. The van der Waals surface area contributed by atoms with E-state index in [1.54, 1.807) is 12.1 Å². The Hall–Kier alpha value is -1.77. The number of carboxylic acids is 1. The van der Waals surface area contributed by atoms with Gasteiger partial charge in [-0.25, -0.2) is 4.79 Å². The van der Waals surface area contributed by atoms with Crippen LogP contribution in [0.5, 0.6) is 0 Å². The van der Waals surface area contributed by atoms with Gasteiger partial charge < -0.3 is 9.67 Å². The molecule has 0 saturated carbocycles. The number of aromatic carboxylic acids is 1. The minimum absolute atomic E-state index is 0.343. The Morgan fingerprint density at radius 2 is 2.20 bits per heavy atom. The minimum atomic E-state index is -0.876. The number of carbonyl (C=O) groups is 1. The Kier molecular flexibility index (Phi) is 2.23. The van der Waals surface area contributed by atoms with Crippen molar-refractivity contribution in [3.63, 3.8) is 0 Å². The summed E-state index contributed by atoms with van der Waals surface area (Å²) in [5.74, 6) is -0.876. The first-order valence-electron chi connectivity index (χ1n) is 4.96. The number of carboxylic acid groups (broad SMARTS) is 1. The molecule has 2 aromatic rings. The van der Waals surface area contributed by atoms with Crippen molar-refractivity contribution in [2.45, 2.75) is 20.4 Å². The van der Waals surface area contributed by atoms with Crippen LogP contribution in [0.2, 0.25) is 0 Å². The minimum Gasteiger partial charge on any atom is -0.478 e. The van der Waals surface area contributed by atoms with Gasteiger partial charge in [-0.15, -0.1) is 0 Å². The second-order valence-electron chi connectivity index (χ2n) is 3.64. The quantitative estimate of drug-likeness (QED) is 0.815. The standard InChI is InChI=1S/C12H13NO2/c1-3-13-7-8(2)10-5-4-9(12(14)15)6-11(10)13/h4-7H,3H2,1-2H3,(H,14,15). The van der Waals surface area contributed by atoms with Crippen molar-refractivity contribution < 1.29 is 9.90 Å². The second kappa shape index (κ2) is 3.42. The summed E-state index contributed by atoms with van der Waals surface area (Å²) < 4.78 is 2.07. The van der Waals surface area contributed by atoms with Crippen LogP contribution in [0, 0.1) is 6.92 Å². The third kappa shape index (κ3) is 1.50. The molecule has 1 aromatic heterocycles. The van der Waals surface area contributed by atoms with E-state index in [1.807, 2.05) is 19.9 Å². The first-order valence-corrected chi connectivity index (χ1v) is 4.96. The summed E-state index contributed by atoms with van der Waals surface area (Å²) in [4.78, 5) is 10.8. The van der Waals surface area contributed by atoms with Gasteiger partial charge in [-0.2, -0.15) is 0 Å². The lowest BCUT2D eigenvalue weighted by atomic mass is 10.1. The molecule has 1 aromatic carbocycles. The summed E-state index contributed by atoms with van der Waals surface area (Å²) in [6.45, 7) is 4.94. The third-order valence-corrected chi connectivity index (χ3v) is 2.67. The van der Waals surface area contributed by atoms with Crippen LogP contribution >= 0.6 is 0 Å². The van der Waals surface area contributed by atoms with E-state index in [2.05, 4.69) is 10.8 Å². The van der Waals surface area contributed by atoms with Crippen molar-refractivity contribution in [3.05, 3.63) is 35.5 Å². The van der Waals surface area contributed by atoms with Gasteiger partial charge in [-0.05, 0) is 31.5 Å². The number of aryl methyl sites for hydroxylation is 2. The third-order valence-electron chi connectivity index (χ3n) is 2.67. The number of hydrogen-bond acceptors (Lipinski definition) is 1. The molecule has 1 heterocycles. The second-order valence-corrected chi connectivity index (χ2v) is 3.64. The van der Waals surface area contributed by atoms with Gasteiger partial charge in [-0.1, -0.05) is 6.07 Å². The summed E-state index contributed by atoms with van der Waals surface area (Å²) in [7, 11) is 0. The van der Waals surface area contributed by atoms with Crippen molar-refractivity contribution in [3.8, 4) is 0 Å². The monoisotopic (exact) mass is 203 g/mol. The number of rotatable bonds is 2. The Labute approximate surface area is 87.9 Å². The molecule has 15 heavy (non-hydrogen) atoms. The molecule has 0 spiro atoms. The summed E-state index contributed by atoms with van der Waals surface area (Å²) in [5.41, 5.74) is 2.52. The molecule has 0 fully saturated rings. The van der Waals surface area contributed by atoms with Crippen molar-refractivity contribution in [1.82, 2.24) is 4.57 Å². The first kappa shape index (κ1) is 9.77. The van der Waals surface area contributed by atoms with Crippen molar-refractivity contribution >= 4 is 16.9 Å². The Morgan fingerprint density at radius 3 is 2.80 bits per heavy atom. The largest absolute Gasteiger partial charge is 0.478 e. The zero-order valence-corrected chi connectivity index (χ0v) is 8.82. The number of hydrogen-bond donors (Lipinski definition) is 1. The molecule has 0 aliphatic heterocycles. The maximum Gasteiger partial charge on any atom is 0.335 e. The van der Waals surface area contributed by atoms with Crippen LogP contribution in [-0.2, 0) is 6.54 Å². The maximum absolute atomic E-state index is 10.8. The van der Waals surface area contributed by atoms with Gasteiger partial charge >= 0.3 is 5.97 Å². The highest BCUT2D eigenvalue weighted by Crippen LogP contribution is 2.22.